The largest absolute Gasteiger partial charge is 0.468 e. The molecule has 0 amide bonds. The zero-order valence-electron chi connectivity index (χ0n) is 13.4. The van der Waals surface area contributed by atoms with Gasteiger partial charge in [-0.25, -0.2) is 0 Å². The Labute approximate surface area is 121 Å². The first-order valence-corrected chi connectivity index (χ1v) is 7.38. The number of morpholine rings is 1. The molecule has 0 bridgehead atoms. The Morgan fingerprint density at radius 3 is 2.20 bits per heavy atom. The van der Waals surface area contributed by atoms with Gasteiger partial charge in [-0.3, -0.25) is 9.69 Å². The second kappa shape index (κ2) is 4.97. The predicted octanol–water partition coefficient (Wildman–Crippen LogP) is 1.16. The second-order valence-electron chi connectivity index (χ2n) is 7.57. The number of methoxy groups -OCH3 is 1. The molecule has 1 saturated heterocycles. The van der Waals surface area contributed by atoms with Crippen molar-refractivity contribution in [2.24, 2.45) is 11.7 Å². The van der Waals surface area contributed by atoms with Crippen LogP contribution in [0.2, 0.25) is 0 Å². The monoisotopic (exact) mass is 284 g/mol. The molecule has 0 spiro atoms. The van der Waals surface area contributed by atoms with Crippen molar-refractivity contribution in [2.45, 2.75) is 57.3 Å². The van der Waals surface area contributed by atoms with Crippen LogP contribution in [0.4, 0.5) is 0 Å². The number of rotatable bonds is 4. The first-order chi connectivity index (χ1) is 9.08. The summed E-state index contributed by atoms with van der Waals surface area (Å²) in [5.74, 6) is -0.0360. The average molecular weight is 284 g/mol. The maximum absolute atomic E-state index is 12.1. The van der Waals surface area contributed by atoms with Gasteiger partial charge in [0.15, 0.2) is 0 Å². The Hall–Kier alpha value is -0.650. The molecular weight excluding hydrogens is 256 g/mol. The van der Waals surface area contributed by atoms with E-state index in [9.17, 15) is 4.79 Å². The molecule has 1 aliphatic heterocycles. The van der Waals surface area contributed by atoms with Crippen LogP contribution < -0.4 is 5.73 Å². The smallest absolute Gasteiger partial charge is 0.327 e. The molecular formula is C15H28N2O3. The number of nitrogens with zero attached hydrogens (tertiary/aromatic N) is 1. The molecule has 0 radical (unpaired) electrons. The number of ether oxygens (including phenoxy) is 2. The van der Waals surface area contributed by atoms with Gasteiger partial charge in [0.2, 0.25) is 0 Å². The second-order valence-corrected chi connectivity index (χ2v) is 7.57. The SMILES string of the molecule is COC(=O)C(N)(CN1CC(C)(C)OC(C)(C)C1)C1CC1. The normalized spacial score (nSPS) is 28.7. The number of esters is 1. The first kappa shape index (κ1) is 15.7. The van der Waals surface area contributed by atoms with Crippen LogP contribution in [0.3, 0.4) is 0 Å². The third-order valence-electron chi connectivity index (χ3n) is 4.12. The van der Waals surface area contributed by atoms with E-state index >= 15 is 0 Å². The fraction of sp³-hybridized carbons (Fsp3) is 0.933. The van der Waals surface area contributed by atoms with Gasteiger partial charge in [-0.1, -0.05) is 0 Å². The summed E-state index contributed by atoms with van der Waals surface area (Å²) < 4.78 is 11.0. The van der Waals surface area contributed by atoms with E-state index in [1.165, 1.54) is 7.11 Å². The molecule has 0 aromatic carbocycles. The highest BCUT2D eigenvalue weighted by Crippen LogP contribution is 2.40. The van der Waals surface area contributed by atoms with Gasteiger partial charge in [-0.15, -0.1) is 0 Å². The van der Waals surface area contributed by atoms with E-state index in [1.807, 2.05) is 0 Å². The quantitative estimate of drug-likeness (QED) is 0.785. The third kappa shape index (κ3) is 3.32. The predicted molar refractivity (Wildman–Crippen MR) is 77.3 cm³/mol. The molecule has 1 saturated carbocycles. The zero-order chi connectivity index (χ0) is 15.2. The molecule has 1 aliphatic carbocycles. The van der Waals surface area contributed by atoms with Crippen LogP contribution >= 0.6 is 0 Å². The molecule has 1 unspecified atom stereocenters. The van der Waals surface area contributed by atoms with Crippen molar-refractivity contribution in [3.63, 3.8) is 0 Å². The van der Waals surface area contributed by atoms with Crippen molar-refractivity contribution in [1.82, 2.24) is 4.90 Å². The maximum Gasteiger partial charge on any atom is 0.327 e. The van der Waals surface area contributed by atoms with Crippen molar-refractivity contribution >= 4 is 5.97 Å². The Morgan fingerprint density at radius 1 is 1.30 bits per heavy atom. The van der Waals surface area contributed by atoms with Crippen LogP contribution in [0.15, 0.2) is 0 Å². The average Bonchev–Trinajstić information content (AvgIpc) is 3.06. The molecule has 5 nitrogen and oxygen atoms in total. The lowest BCUT2D eigenvalue weighted by atomic mass is 9.91. The number of nitrogens with two attached hydrogens (primary N) is 1. The summed E-state index contributed by atoms with van der Waals surface area (Å²) in [6.45, 7) is 10.4. The van der Waals surface area contributed by atoms with E-state index in [2.05, 4.69) is 32.6 Å². The van der Waals surface area contributed by atoms with Gasteiger partial charge in [0.05, 0.1) is 18.3 Å². The highest BCUT2D eigenvalue weighted by molar-refractivity contribution is 5.81. The molecule has 0 aromatic rings. The van der Waals surface area contributed by atoms with Crippen molar-refractivity contribution < 1.29 is 14.3 Å². The minimum Gasteiger partial charge on any atom is -0.468 e. The van der Waals surface area contributed by atoms with Crippen LogP contribution in [-0.4, -0.2) is 54.4 Å². The molecule has 116 valence electrons. The van der Waals surface area contributed by atoms with Gasteiger partial charge in [0, 0.05) is 19.6 Å². The summed E-state index contributed by atoms with van der Waals surface area (Å²) in [6.07, 6.45) is 2.03. The van der Waals surface area contributed by atoms with E-state index in [-0.39, 0.29) is 23.1 Å². The Kier molecular flexibility index (Phi) is 3.91. The van der Waals surface area contributed by atoms with Crippen molar-refractivity contribution in [3.8, 4) is 0 Å². The zero-order valence-corrected chi connectivity index (χ0v) is 13.4. The molecule has 1 heterocycles. The summed E-state index contributed by atoms with van der Waals surface area (Å²) in [4.78, 5) is 14.4. The third-order valence-corrected chi connectivity index (χ3v) is 4.12. The van der Waals surface area contributed by atoms with Gasteiger partial charge in [0.25, 0.3) is 0 Å². The van der Waals surface area contributed by atoms with Gasteiger partial charge in [-0.2, -0.15) is 0 Å². The van der Waals surface area contributed by atoms with Crippen LogP contribution in [0.1, 0.15) is 40.5 Å². The molecule has 1 atom stereocenters. The maximum atomic E-state index is 12.1. The topological polar surface area (TPSA) is 64.8 Å². The van der Waals surface area contributed by atoms with Gasteiger partial charge >= 0.3 is 5.97 Å². The molecule has 20 heavy (non-hydrogen) atoms. The van der Waals surface area contributed by atoms with Gasteiger partial charge in [0.1, 0.15) is 5.54 Å². The highest BCUT2D eigenvalue weighted by atomic mass is 16.5. The van der Waals surface area contributed by atoms with Crippen molar-refractivity contribution in [2.75, 3.05) is 26.7 Å². The molecule has 2 fully saturated rings. The Morgan fingerprint density at radius 2 is 1.80 bits per heavy atom. The van der Waals surface area contributed by atoms with Crippen LogP contribution in [0, 0.1) is 5.92 Å². The summed E-state index contributed by atoms with van der Waals surface area (Å²) >= 11 is 0. The fourth-order valence-electron chi connectivity index (χ4n) is 3.58. The van der Waals surface area contributed by atoms with Crippen molar-refractivity contribution in [1.29, 1.82) is 0 Å². The molecule has 2 N–H and O–H groups in total. The summed E-state index contributed by atoms with van der Waals surface area (Å²) in [5, 5.41) is 0. The number of carbonyl (C=O) groups is 1. The lowest BCUT2D eigenvalue weighted by Gasteiger charge is -2.48. The lowest BCUT2D eigenvalue weighted by Crippen LogP contribution is -2.64. The highest BCUT2D eigenvalue weighted by Gasteiger charge is 2.51. The van der Waals surface area contributed by atoms with E-state index in [0.29, 0.717) is 6.54 Å². The van der Waals surface area contributed by atoms with E-state index in [4.69, 9.17) is 15.2 Å². The minimum atomic E-state index is -0.877. The first-order valence-electron chi connectivity index (χ1n) is 7.38. The molecule has 5 heteroatoms. The number of hydrogen-bond donors (Lipinski definition) is 1. The number of carbonyl (C=O) groups excluding carboxylic acids is 1. The van der Waals surface area contributed by atoms with Crippen LogP contribution in [-0.2, 0) is 14.3 Å². The Balaban J connectivity index is 2.12. The van der Waals surface area contributed by atoms with E-state index in [1.54, 1.807) is 0 Å². The minimum absolute atomic E-state index is 0.234. The van der Waals surface area contributed by atoms with Gasteiger partial charge < -0.3 is 15.2 Å². The van der Waals surface area contributed by atoms with E-state index in [0.717, 1.165) is 25.9 Å². The standard InChI is InChI=1S/C15H28N2O3/c1-13(2)8-17(9-14(3,4)20-13)10-15(16,11-6-7-11)12(18)19-5/h11H,6-10,16H2,1-5H3. The van der Waals surface area contributed by atoms with Gasteiger partial charge in [-0.05, 0) is 46.5 Å². The molecule has 0 aromatic heterocycles. The summed E-state index contributed by atoms with van der Waals surface area (Å²) in [5.41, 5.74) is 5.06. The van der Waals surface area contributed by atoms with Crippen LogP contribution in [0.5, 0.6) is 0 Å². The molecule has 2 aliphatic rings. The van der Waals surface area contributed by atoms with E-state index < -0.39 is 5.54 Å². The lowest BCUT2D eigenvalue weighted by molar-refractivity contribution is -0.185. The van der Waals surface area contributed by atoms with Crippen molar-refractivity contribution in [3.05, 3.63) is 0 Å². The summed E-state index contributed by atoms with van der Waals surface area (Å²) in [7, 11) is 1.42. The number of hydrogen-bond acceptors (Lipinski definition) is 5. The Bertz CT molecular complexity index is 375. The van der Waals surface area contributed by atoms with Crippen LogP contribution in [0.25, 0.3) is 0 Å². The summed E-state index contributed by atoms with van der Waals surface area (Å²) in [6, 6.07) is 0. The molecule has 2 rings (SSSR count). The fourth-order valence-corrected chi connectivity index (χ4v) is 3.58.